The van der Waals surface area contributed by atoms with E-state index in [0.29, 0.717) is 25.7 Å². The summed E-state index contributed by atoms with van der Waals surface area (Å²) >= 11 is 0. The molecule has 0 atom stereocenters. The van der Waals surface area contributed by atoms with Crippen molar-refractivity contribution in [1.29, 1.82) is 31.6 Å². The Morgan fingerprint density at radius 2 is 0.581 bits per heavy atom. The van der Waals surface area contributed by atoms with Crippen molar-refractivity contribution in [2.24, 2.45) is 0 Å². The van der Waals surface area contributed by atoms with Gasteiger partial charge in [-0.2, -0.15) is 31.6 Å². The van der Waals surface area contributed by atoms with Crippen LogP contribution in [-0.4, -0.2) is 11.2 Å². The molecule has 0 fully saturated rings. The summed E-state index contributed by atoms with van der Waals surface area (Å²) < 4.78 is 13.6. The molecular formula is C66H92N6O2. The second-order valence-corrected chi connectivity index (χ2v) is 21.1. The van der Waals surface area contributed by atoms with Crippen molar-refractivity contribution in [2.45, 2.75) is 270 Å². The van der Waals surface area contributed by atoms with Crippen LogP contribution in [0.4, 0.5) is 0 Å². The van der Waals surface area contributed by atoms with Crippen molar-refractivity contribution < 1.29 is 9.47 Å². The van der Waals surface area contributed by atoms with E-state index in [1.54, 1.807) is 0 Å². The van der Waals surface area contributed by atoms with Crippen LogP contribution in [0, 0.1) is 68.0 Å². The van der Waals surface area contributed by atoms with Gasteiger partial charge >= 0.3 is 0 Å². The molecule has 0 aromatic heterocycles. The summed E-state index contributed by atoms with van der Waals surface area (Å²) in [4.78, 5) is 0. The van der Waals surface area contributed by atoms with E-state index < -0.39 is 11.2 Å². The fourth-order valence-electron chi connectivity index (χ4n) is 10.8. The summed E-state index contributed by atoms with van der Waals surface area (Å²) in [6, 6.07) is 20.9. The molecule has 2 aliphatic heterocycles. The zero-order chi connectivity index (χ0) is 53.5. The Bertz CT molecular complexity index is 2050. The van der Waals surface area contributed by atoms with Gasteiger partial charge in [-0.25, -0.2) is 0 Å². The summed E-state index contributed by atoms with van der Waals surface area (Å²) in [6.07, 6.45) is 48.0. The third-order valence-electron chi connectivity index (χ3n) is 15.3. The van der Waals surface area contributed by atoms with E-state index in [9.17, 15) is 31.6 Å². The highest BCUT2D eigenvalue weighted by Gasteiger charge is 2.46. The maximum Gasteiger partial charge on any atom is 0.172 e. The molecule has 0 saturated heterocycles. The number of unbranched alkanes of at least 4 members (excludes halogenated alkanes) is 28. The van der Waals surface area contributed by atoms with Gasteiger partial charge in [0.05, 0.1) is 0 Å². The lowest BCUT2D eigenvalue weighted by molar-refractivity contribution is 0.0383. The van der Waals surface area contributed by atoms with Crippen LogP contribution in [0.3, 0.4) is 0 Å². The van der Waals surface area contributed by atoms with Crippen LogP contribution in [-0.2, 0) is 9.47 Å². The summed E-state index contributed by atoms with van der Waals surface area (Å²) in [5.74, 6) is 0.212. The van der Waals surface area contributed by atoms with Gasteiger partial charge < -0.3 is 9.47 Å². The SMILES string of the molecule is CCCCCCCCCCC1(CCCCCCCCCC)OC(=C(C#N)C#N)C(C#N)=C1/C=C/c1ccc(/C=C/C2=C(C#N)C(=C(C#N)C#N)OC2(CCCCCCCCCC)CCCCCCCCCC)cc1. The summed E-state index contributed by atoms with van der Waals surface area (Å²) in [5, 5.41) is 61.6. The number of rotatable bonds is 40. The molecule has 398 valence electrons. The van der Waals surface area contributed by atoms with Crippen molar-refractivity contribution >= 4 is 12.2 Å². The first kappa shape index (κ1) is 62.5. The van der Waals surface area contributed by atoms with Gasteiger partial charge in [-0.1, -0.05) is 256 Å². The molecule has 0 unspecified atom stereocenters. The fourth-order valence-corrected chi connectivity index (χ4v) is 10.8. The minimum absolute atomic E-state index is 0.106. The quantitative estimate of drug-likeness (QED) is 0.0464. The molecule has 74 heavy (non-hydrogen) atoms. The Morgan fingerprint density at radius 1 is 0.351 bits per heavy atom. The van der Waals surface area contributed by atoms with Crippen molar-refractivity contribution in [3.8, 4) is 36.4 Å². The molecule has 0 radical (unpaired) electrons. The molecule has 0 bridgehead atoms. The van der Waals surface area contributed by atoms with Gasteiger partial charge in [-0.3, -0.25) is 0 Å². The highest BCUT2D eigenvalue weighted by Crippen LogP contribution is 2.49. The number of hydrogen-bond acceptors (Lipinski definition) is 8. The monoisotopic (exact) mass is 1000 g/mol. The van der Waals surface area contributed by atoms with Gasteiger partial charge in [0, 0.05) is 11.1 Å². The van der Waals surface area contributed by atoms with Crippen molar-refractivity contribution in [3.63, 3.8) is 0 Å². The Hall–Kier alpha value is -5.80. The maximum absolute atomic E-state index is 10.7. The van der Waals surface area contributed by atoms with Gasteiger partial charge in [-0.05, 0) is 62.5 Å². The second-order valence-electron chi connectivity index (χ2n) is 21.1. The maximum atomic E-state index is 10.7. The highest BCUT2D eigenvalue weighted by molar-refractivity contribution is 5.67. The highest BCUT2D eigenvalue weighted by atomic mass is 16.5. The average molecular weight is 1000 g/mol. The Morgan fingerprint density at radius 3 is 0.797 bits per heavy atom. The minimum atomic E-state index is -0.821. The summed E-state index contributed by atoms with van der Waals surface area (Å²) in [7, 11) is 0. The fraction of sp³-hybridized carbons (Fsp3) is 0.636. The predicted octanol–water partition coefficient (Wildman–Crippen LogP) is 19.6. The molecule has 0 N–H and O–H groups in total. The van der Waals surface area contributed by atoms with Crippen LogP contribution < -0.4 is 0 Å². The molecule has 1 aromatic carbocycles. The largest absolute Gasteiger partial charge is 0.479 e. The van der Waals surface area contributed by atoms with E-state index >= 15 is 0 Å². The van der Waals surface area contributed by atoms with Crippen molar-refractivity contribution in [2.75, 3.05) is 0 Å². The van der Waals surface area contributed by atoms with Gasteiger partial charge in [0.25, 0.3) is 0 Å². The van der Waals surface area contributed by atoms with Gasteiger partial charge in [0.2, 0.25) is 0 Å². The third kappa shape index (κ3) is 20.8. The second kappa shape index (κ2) is 37.9. The first-order valence-corrected chi connectivity index (χ1v) is 29.5. The number of nitriles is 6. The van der Waals surface area contributed by atoms with Crippen LogP contribution in [0.2, 0.25) is 0 Å². The van der Waals surface area contributed by atoms with E-state index in [1.807, 2.05) is 72.8 Å². The number of nitrogens with zero attached hydrogens (tertiary/aromatic N) is 6. The van der Waals surface area contributed by atoms with Gasteiger partial charge in [0.1, 0.15) is 58.8 Å². The molecule has 8 heteroatoms. The Labute approximate surface area is 450 Å². The summed E-state index contributed by atoms with van der Waals surface area (Å²) in [5.41, 5.74) is 1.87. The lowest BCUT2D eigenvalue weighted by Crippen LogP contribution is -2.31. The van der Waals surface area contributed by atoms with Crippen LogP contribution in [0.25, 0.3) is 12.2 Å². The van der Waals surface area contributed by atoms with Crippen LogP contribution in [0.1, 0.15) is 270 Å². The molecule has 1 aromatic rings. The van der Waals surface area contributed by atoms with Crippen LogP contribution in [0.15, 0.2) is 81.4 Å². The first-order valence-electron chi connectivity index (χ1n) is 29.5. The van der Waals surface area contributed by atoms with E-state index in [1.165, 1.54) is 128 Å². The van der Waals surface area contributed by atoms with Gasteiger partial charge in [0.15, 0.2) is 22.7 Å². The molecule has 2 heterocycles. The molecule has 0 aliphatic carbocycles. The molecular weight excluding hydrogens is 909 g/mol. The number of hydrogen-bond donors (Lipinski definition) is 0. The minimum Gasteiger partial charge on any atom is -0.479 e. The smallest absolute Gasteiger partial charge is 0.172 e. The van der Waals surface area contributed by atoms with Gasteiger partial charge in [-0.15, -0.1) is 0 Å². The van der Waals surface area contributed by atoms with E-state index in [0.717, 1.165) is 99.3 Å². The molecule has 0 spiro atoms. The van der Waals surface area contributed by atoms with E-state index in [2.05, 4.69) is 39.8 Å². The zero-order valence-electron chi connectivity index (χ0n) is 46.6. The lowest BCUT2D eigenvalue weighted by atomic mass is 9.81. The number of benzene rings is 1. The molecule has 8 nitrogen and oxygen atoms in total. The normalized spacial score (nSPS) is 14.6. The van der Waals surface area contributed by atoms with Crippen molar-refractivity contribution in [1.82, 2.24) is 0 Å². The summed E-state index contributed by atoms with van der Waals surface area (Å²) in [6.45, 7) is 8.95. The molecule has 0 amide bonds. The number of allylic oxidation sites excluding steroid dienone is 4. The standard InChI is InChI=1S/C66H92N6O2/c1-5-9-13-17-21-25-29-33-45-65(46-34-30-26-22-18-14-10-6-2)61(59(53-71)63(73-65)57(49-67)50-68)43-41-55-37-39-56(40-38-55)42-44-62-60(54-72)64(58(51-69)52-70)74-66(62,47-35-31-27-23-19-15-11-7-3)48-36-32-28-24-20-16-12-8-4/h37-44H,5-36,45-48H2,1-4H3/b43-41+,44-42+. The molecule has 3 rings (SSSR count). The zero-order valence-corrected chi connectivity index (χ0v) is 46.6. The first-order chi connectivity index (χ1) is 36.3. The van der Waals surface area contributed by atoms with E-state index in [4.69, 9.17) is 9.47 Å². The average Bonchev–Trinajstić information content (AvgIpc) is 3.89. The molecule has 0 saturated carbocycles. The Balaban J connectivity index is 2.00. The predicted molar refractivity (Wildman–Crippen MR) is 303 cm³/mol. The number of ether oxygens (including phenoxy) is 2. The van der Waals surface area contributed by atoms with Crippen LogP contribution in [0.5, 0.6) is 0 Å². The lowest BCUT2D eigenvalue weighted by Gasteiger charge is -2.31. The van der Waals surface area contributed by atoms with E-state index in [-0.39, 0.29) is 33.8 Å². The molecule has 2 aliphatic rings. The topological polar surface area (TPSA) is 161 Å². The van der Waals surface area contributed by atoms with Crippen molar-refractivity contribution in [3.05, 3.63) is 92.5 Å². The van der Waals surface area contributed by atoms with Crippen LogP contribution >= 0.6 is 0 Å². The Kier molecular flexibility index (Phi) is 32.0. The third-order valence-corrected chi connectivity index (χ3v) is 15.3.